The Morgan fingerprint density at radius 3 is 2.40 bits per heavy atom. The summed E-state index contributed by atoms with van der Waals surface area (Å²) in [6, 6.07) is 8.49. The molecule has 0 aliphatic carbocycles. The third-order valence-corrected chi connectivity index (χ3v) is 1.22. The molecule has 0 fully saturated rings. The summed E-state index contributed by atoms with van der Waals surface area (Å²) in [6.07, 6.45) is 0. The predicted octanol–water partition coefficient (Wildman–Crippen LogP) is 2.21. The summed E-state index contributed by atoms with van der Waals surface area (Å²) in [5, 5.41) is 0.273. The molecule has 10 heavy (non-hydrogen) atoms. The van der Waals surface area contributed by atoms with E-state index in [0.717, 1.165) is 0 Å². The lowest BCUT2D eigenvalue weighted by Gasteiger charge is -2.03. The third kappa shape index (κ3) is 1.51. The van der Waals surface area contributed by atoms with Crippen LogP contribution in [0.15, 0.2) is 30.3 Å². The maximum atomic E-state index is 12.5. The minimum absolute atomic E-state index is 0.273. The third-order valence-electron chi connectivity index (χ3n) is 1.06. The SMILES string of the molecule is FN([C]=S)c1ccccc1. The summed E-state index contributed by atoms with van der Waals surface area (Å²) in [6.45, 7) is 0. The first-order valence-corrected chi connectivity index (χ1v) is 3.14. The lowest BCUT2D eigenvalue weighted by atomic mass is 10.3. The topological polar surface area (TPSA) is 3.24 Å². The molecule has 1 radical (unpaired) electrons. The molecule has 0 atom stereocenters. The van der Waals surface area contributed by atoms with E-state index >= 15 is 0 Å². The Hall–Kier alpha value is -0.960. The fraction of sp³-hybridized carbons (Fsp3) is 0. The summed E-state index contributed by atoms with van der Waals surface area (Å²) in [4.78, 5) is 0. The molecular weight excluding hydrogens is 149 g/mol. The summed E-state index contributed by atoms with van der Waals surface area (Å²) < 4.78 is 12.5. The van der Waals surface area contributed by atoms with E-state index in [4.69, 9.17) is 0 Å². The molecule has 1 aromatic rings. The molecule has 0 aromatic heterocycles. The van der Waals surface area contributed by atoms with Gasteiger partial charge in [-0.05, 0) is 12.1 Å². The fourth-order valence-corrected chi connectivity index (χ4v) is 0.717. The Bertz CT molecular complexity index is 212. The minimum atomic E-state index is 0.273. The first kappa shape index (κ1) is 7.15. The van der Waals surface area contributed by atoms with Crippen LogP contribution in [0.1, 0.15) is 0 Å². The molecule has 0 N–H and O–H groups in total. The van der Waals surface area contributed by atoms with Crippen molar-refractivity contribution >= 4 is 23.4 Å². The Balaban J connectivity index is 2.84. The summed E-state index contributed by atoms with van der Waals surface area (Å²) in [5.74, 6) is 0. The van der Waals surface area contributed by atoms with Crippen molar-refractivity contribution in [2.24, 2.45) is 0 Å². The molecule has 0 bridgehead atoms. The zero-order valence-corrected chi connectivity index (χ0v) is 5.94. The fourth-order valence-electron chi connectivity index (χ4n) is 0.612. The van der Waals surface area contributed by atoms with Crippen LogP contribution in [-0.2, 0) is 0 Å². The van der Waals surface area contributed by atoms with Gasteiger partial charge in [-0.3, -0.25) is 0 Å². The van der Waals surface area contributed by atoms with Crippen molar-refractivity contribution < 1.29 is 4.48 Å². The van der Waals surface area contributed by atoms with E-state index in [0.29, 0.717) is 5.69 Å². The van der Waals surface area contributed by atoms with Gasteiger partial charge in [0, 0.05) is 0 Å². The van der Waals surface area contributed by atoms with E-state index in [9.17, 15) is 4.48 Å². The van der Waals surface area contributed by atoms with Crippen molar-refractivity contribution in [1.82, 2.24) is 0 Å². The van der Waals surface area contributed by atoms with Gasteiger partial charge >= 0.3 is 0 Å². The van der Waals surface area contributed by atoms with Crippen LogP contribution < -0.4 is 5.12 Å². The van der Waals surface area contributed by atoms with Crippen LogP contribution >= 0.6 is 12.2 Å². The van der Waals surface area contributed by atoms with Gasteiger partial charge < -0.3 is 0 Å². The molecule has 0 heterocycles. The highest BCUT2D eigenvalue weighted by Crippen LogP contribution is 2.10. The van der Waals surface area contributed by atoms with Gasteiger partial charge in [0.05, 0.1) is 5.69 Å². The van der Waals surface area contributed by atoms with Crippen LogP contribution in [0.4, 0.5) is 10.2 Å². The number of nitrogens with zero attached hydrogens (tertiary/aromatic N) is 1. The predicted molar refractivity (Wildman–Crippen MR) is 42.6 cm³/mol. The number of hydrogen-bond donors (Lipinski definition) is 0. The lowest BCUT2D eigenvalue weighted by Crippen LogP contribution is -2.05. The molecule has 1 rings (SSSR count). The number of halogens is 1. The van der Waals surface area contributed by atoms with Gasteiger partial charge in [-0.25, -0.2) is 0 Å². The van der Waals surface area contributed by atoms with E-state index in [1.165, 1.54) is 0 Å². The molecule has 3 heteroatoms. The monoisotopic (exact) mass is 154 g/mol. The maximum Gasteiger partial charge on any atom is 0.175 e. The van der Waals surface area contributed by atoms with Crippen molar-refractivity contribution in [1.29, 1.82) is 0 Å². The Morgan fingerprint density at radius 1 is 1.30 bits per heavy atom. The molecular formula is C7H5FNS. The van der Waals surface area contributed by atoms with Gasteiger partial charge in [0.2, 0.25) is 0 Å². The summed E-state index contributed by atoms with van der Waals surface area (Å²) in [7, 11) is 0. The Morgan fingerprint density at radius 2 is 1.90 bits per heavy atom. The lowest BCUT2D eigenvalue weighted by molar-refractivity contribution is 0.530. The second kappa shape index (κ2) is 3.27. The van der Waals surface area contributed by atoms with Crippen molar-refractivity contribution in [3.8, 4) is 0 Å². The number of benzene rings is 1. The molecule has 51 valence electrons. The van der Waals surface area contributed by atoms with Crippen LogP contribution in [0, 0.1) is 0 Å². The van der Waals surface area contributed by atoms with E-state index in [-0.39, 0.29) is 5.12 Å². The zero-order chi connectivity index (χ0) is 7.40. The molecule has 0 aliphatic heterocycles. The number of para-hydroxylation sites is 1. The van der Waals surface area contributed by atoms with Crippen LogP contribution in [-0.4, -0.2) is 5.49 Å². The molecule has 1 nitrogen and oxygen atoms in total. The van der Waals surface area contributed by atoms with Crippen molar-refractivity contribution in [2.75, 3.05) is 5.12 Å². The second-order valence-corrected chi connectivity index (χ2v) is 1.89. The van der Waals surface area contributed by atoms with Crippen LogP contribution in [0.2, 0.25) is 0 Å². The van der Waals surface area contributed by atoms with Gasteiger partial charge in [0.25, 0.3) is 0 Å². The standard InChI is InChI=1S/C7H5FNS/c8-9(6-10)7-4-2-1-3-5-7/h1-5H. The molecule has 0 saturated heterocycles. The van der Waals surface area contributed by atoms with Gasteiger partial charge in [-0.2, -0.15) is 5.12 Å². The number of anilines is 1. The number of thiocarbonyl (C=S) groups is 1. The molecule has 0 spiro atoms. The highest BCUT2D eigenvalue weighted by Gasteiger charge is 1.97. The largest absolute Gasteiger partial charge is 0.175 e. The van der Waals surface area contributed by atoms with Gasteiger partial charge in [0.1, 0.15) is 0 Å². The van der Waals surface area contributed by atoms with Crippen LogP contribution in [0.3, 0.4) is 0 Å². The van der Waals surface area contributed by atoms with Crippen LogP contribution in [0.25, 0.3) is 0 Å². The van der Waals surface area contributed by atoms with E-state index in [2.05, 4.69) is 12.2 Å². The average Bonchev–Trinajstić information content (AvgIpc) is 2.05. The smallest absolute Gasteiger partial charge is 0.166 e. The first-order valence-electron chi connectivity index (χ1n) is 2.73. The Kier molecular flexibility index (Phi) is 2.34. The Labute approximate surface area is 64.0 Å². The minimum Gasteiger partial charge on any atom is -0.166 e. The van der Waals surface area contributed by atoms with Crippen molar-refractivity contribution in [2.45, 2.75) is 0 Å². The molecule has 0 saturated carbocycles. The van der Waals surface area contributed by atoms with E-state index in [1.807, 2.05) is 5.49 Å². The number of rotatable bonds is 2. The normalized spacial score (nSPS) is 8.90. The van der Waals surface area contributed by atoms with E-state index in [1.54, 1.807) is 30.3 Å². The highest BCUT2D eigenvalue weighted by atomic mass is 32.1. The average molecular weight is 154 g/mol. The second-order valence-electron chi connectivity index (χ2n) is 1.71. The molecule has 0 aliphatic rings. The molecule has 0 amide bonds. The first-order chi connectivity index (χ1) is 4.84. The summed E-state index contributed by atoms with van der Waals surface area (Å²) in [5.41, 5.74) is 2.33. The van der Waals surface area contributed by atoms with Gasteiger partial charge in [-0.1, -0.05) is 34.9 Å². The maximum absolute atomic E-state index is 12.5. The quantitative estimate of drug-likeness (QED) is 0.365. The van der Waals surface area contributed by atoms with Gasteiger partial charge in [0.15, 0.2) is 5.49 Å². The highest BCUT2D eigenvalue weighted by molar-refractivity contribution is 7.79. The summed E-state index contributed by atoms with van der Waals surface area (Å²) >= 11 is 4.26. The molecule has 1 aromatic carbocycles. The zero-order valence-electron chi connectivity index (χ0n) is 5.12. The van der Waals surface area contributed by atoms with E-state index < -0.39 is 0 Å². The molecule has 0 unspecified atom stereocenters. The van der Waals surface area contributed by atoms with Crippen LogP contribution in [0.5, 0.6) is 0 Å². The number of hydrogen-bond acceptors (Lipinski definition) is 1. The van der Waals surface area contributed by atoms with Gasteiger partial charge in [-0.15, -0.1) is 0 Å². The van der Waals surface area contributed by atoms with Crippen molar-refractivity contribution in [3.05, 3.63) is 30.3 Å². The van der Waals surface area contributed by atoms with Crippen molar-refractivity contribution in [3.63, 3.8) is 0 Å².